The van der Waals surface area contributed by atoms with Gasteiger partial charge in [0.05, 0.1) is 17.8 Å². The van der Waals surface area contributed by atoms with Gasteiger partial charge in [0, 0.05) is 36.4 Å². The molecule has 3 N–H and O–H groups in total. The summed E-state index contributed by atoms with van der Waals surface area (Å²) in [5, 5.41) is 22.7. The number of hydrogen-bond donors (Lipinski definition) is 3. The molecule has 154 valence electrons. The number of nitrogens with one attached hydrogen (secondary N) is 2. The van der Waals surface area contributed by atoms with Crippen LogP contribution in [0, 0.1) is 0 Å². The molecule has 0 radical (unpaired) electrons. The van der Waals surface area contributed by atoms with Gasteiger partial charge in [-0.1, -0.05) is 6.07 Å². The molecular weight excluding hydrogens is 390 g/mol. The molecule has 0 amide bonds. The molecule has 0 bridgehead atoms. The lowest BCUT2D eigenvalue weighted by Gasteiger charge is -2.35. The lowest BCUT2D eigenvalue weighted by molar-refractivity contribution is -0.115. The first-order valence-corrected chi connectivity index (χ1v) is 9.75. The molecule has 1 fully saturated rings. The first-order chi connectivity index (χ1) is 14.5. The van der Waals surface area contributed by atoms with Gasteiger partial charge >= 0.3 is 0 Å². The summed E-state index contributed by atoms with van der Waals surface area (Å²) in [6, 6.07) is 11.1. The number of halogens is 2. The van der Waals surface area contributed by atoms with Crippen molar-refractivity contribution in [3.05, 3.63) is 54.5 Å². The van der Waals surface area contributed by atoms with E-state index in [1.807, 2.05) is 36.4 Å². The molecule has 0 spiro atoms. The van der Waals surface area contributed by atoms with E-state index in [1.54, 1.807) is 12.4 Å². The summed E-state index contributed by atoms with van der Waals surface area (Å²) in [5.74, 6) is -2.18. The number of H-pyrrole nitrogens is 1. The Labute approximate surface area is 170 Å². The number of aromatic nitrogens is 4. The topological polar surface area (TPSA) is 90.0 Å². The number of aliphatic hydroxyl groups excluding tert-OH is 1. The van der Waals surface area contributed by atoms with Crippen LogP contribution < -0.4 is 5.32 Å². The van der Waals surface area contributed by atoms with E-state index >= 15 is 0 Å². The van der Waals surface area contributed by atoms with Crippen LogP contribution in [0.5, 0.6) is 0 Å². The normalized spacial score (nSPS) is 18.0. The summed E-state index contributed by atoms with van der Waals surface area (Å²) >= 11 is 0. The molecule has 9 heteroatoms. The molecule has 4 heterocycles. The Balaban J connectivity index is 1.45. The minimum atomic E-state index is -2.79. The number of aromatic amines is 1. The van der Waals surface area contributed by atoms with E-state index in [-0.39, 0.29) is 6.42 Å². The maximum Gasteiger partial charge on any atom is 0.260 e. The SMILES string of the molecule is OC(c1nccc2cc(Nc3n[nH]c4cccnc34)ccc12)N1CCCC(F)(F)C1. The molecular formula is C21H20F2N6O. The number of likely N-dealkylation sites (tertiary alicyclic amines) is 1. The highest BCUT2D eigenvalue weighted by Crippen LogP contribution is 2.33. The highest BCUT2D eigenvalue weighted by molar-refractivity contribution is 5.91. The molecule has 0 saturated carbocycles. The number of benzene rings is 1. The quantitative estimate of drug-likeness (QED) is 0.472. The van der Waals surface area contributed by atoms with Crippen molar-refractivity contribution in [2.75, 3.05) is 18.4 Å². The van der Waals surface area contributed by atoms with Gasteiger partial charge in [0.25, 0.3) is 5.92 Å². The van der Waals surface area contributed by atoms with E-state index in [0.717, 1.165) is 27.5 Å². The first-order valence-electron chi connectivity index (χ1n) is 9.75. The molecule has 1 unspecified atom stereocenters. The maximum atomic E-state index is 13.8. The minimum Gasteiger partial charge on any atom is -0.372 e. The van der Waals surface area contributed by atoms with Gasteiger partial charge in [-0.05, 0) is 42.1 Å². The van der Waals surface area contributed by atoms with Crippen molar-refractivity contribution >= 4 is 33.3 Å². The number of rotatable bonds is 4. The number of fused-ring (bicyclic) bond motifs is 2. The lowest BCUT2D eigenvalue weighted by Crippen LogP contribution is -2.44. The van der Waals surface area contributed by atoms with Crippen molar-refractivity contribution in [1.29, 1.82) is 0 Å². The van der Waals surface area contributed by atoms with Gasteiger partial charge in [-0.3, -0.25) is 20.0 Å². The Morgan fingerprint density at radius 3 is 2.93 bits per heavy atom. The van der Waals surface area contributed by atoms with Crippen LogP contribution in [-0.2, 0) is 0 Å². The number of alkyl halides is 2. The maximum absolute atomic E-state index is 13.8. The zero-order chi connectivity index (χ0) is 20.7. The molecule has 1 aliphatic rings. The third-order valence-corrected chi connectivity index (χ3v) is 5.39. The van der Waals surface area contributed by atoms with Crippen LogP contribution in [0.2, 0.25) is 0 Å². The standard InChI is InChI=1S/C21H20F2N6O/c22-21(23)7-2-10-29(12-21)20(30)17-15-5-4-14(11-13(15)6-9-25-17)26-19-18-16(27-28-19)3-1-8-24-18/h1,3-6,8-9,11,20,30H,2,7,10,12H2,(H2,26,27,28). The van der Waals surface area contributed by atoms with Crippen LogP contribution in [0.25, 0.3) is 21.8 Å². The van der Waals surface area contributed by atoms with Crippen molar-refractivity contribution in [3.8, 4) is 0 Å². The van der Waals surface area contributed by atoms with E-state index in [2.05, 4.69) is 25.5 Å². The Hall–Kier alpha value is -3.17. The van der Waals surface area contributed by atoms with Crippen molar-refractivity contribution in [2.45, 2.75) is 25.0 Å². The fourth-order valence-electron chi connectivity index (χ4n) is 3.94. The number of nitrogens with zero attached hydrogens (tertiary/aromatic N) is 4. The average Bonchev–Trinajstić information content (AvgIpc) is 3.15. The van der Waals surface area contributed by atoms with E-state index in [4.69, 9.17) is 0 Å². The molecule has 30 heavy (non-hydrogen) atoms. The second-order valence-electron chi connectivity index (χ2n) is 7.53. The predicted molar refractivity (Wildman–Crippen MR) is 110 cm³/mol. The number of pyridine rings is 2. The van der Waals surface area contributed by atoms with Gasteiger partial charge in [0.15, 0.2) is 12.0 Å². The molecule has 3 aromatic heterocycles. The summed E-state index contributed by atoms with van der Waals surface area (Å²) in [4.78, 5) is 10.0. The van der Waals surface area contributed by atoms with Crippen LogP contribution in [0.15, 0.2) is 48.8 Å². The molecule has 1 aliphatic heterocycles. The summed E-state index contributed by atoms with van der Waals surface area (Å²) < 4.78 is 27.6. The highest BCUT2D eigenvalue weighted by Gasteiger charge is 2.38. The number of anilines is 2. The second kappa shape index (κ2) is 7.26. The zero-order valence-electron chi connectivity index (χ0n) is 16.0. The number of hydrogen-bond acceptors (Lipinski definition) is 6. The van der Waals surface area contributed by atoms with Gasteiger partial charge < -0.3 is 10.4 Å². The van der Waals surface area contributed by atoms with Crippen molar-refractivity contribution < 1.29 is 13.9 Å². The van der Waals surface area contributed by atoms with Crippen molar-refractivity contribution in [1.82, 2.24) is 25.1 Å². The summed E-state index contributed by atoms with van der Waals surface area (Å²) in [7, 11) is 0. The average molecular weight is 410 g/mol. The van der Waals surface area contributed by atoms with Crippen molar-refractivity contribution in [2.24, 2.45) is 0 Å². The van der Waals surface area contributed by atoms with Crippen LogP contribution in [0.3, 0.4) is 0 Å². The number of aliphatic hydroxyl groups is 1. The van der Waals surface area contributed by atoms with Crippen molar-refractivity contribution in [3.63, 3.8) is 0 Å². The lowest BCUT2D eigenvalue weighted by atomic mass is 10.0. The monoisotopic (exact) mass is 410 g/mol. The van der Waals surface area contributed by atoms with Gasteiger partial charge in [0.1, 0.15) is 5.52 Å². The van der Waals surface area contributed by atoms with Crippen LogP contribution >= 0.6 is 0 Å². The molecule has 1 atom stereocenters. The minimum absolute atomic E-state index is 0.148. The molecule has 4 aromatic rings. The van der Waals surface area contributed by atoms with Crippen LogP contribution in [0.4, 0.5) is 20.3 Å². The molecule has 0 aliphatic carbocycles. The summed E-state index contributed by atoms with van der Waals surface area (Å²) in [5.41, 5.74) is 2.73. The molecule has 7 nitrogen and oxygen atoms in total. The van der Waals surface area contributed by atoms with Gasteiger partial charge in [-0.25, -0.2) is 8.78 Å². The molecule has 5 rings (SSSR count). The fraction of sp³-hybridized carbons (Fsp3) is 0.286. The third-order valence-electron chi connectivity index (χ3n) is 5.39. The Morgan fingerprint density at radius 2 is 2.07 bits per heavy atom. The van der Waals surface area contributed by atoms with E-state index < -0.39 is 18.7 Å². The Bertz CT molecular complexity index is 1210. The highest BCUT2D eigenvalue weighted by atomic mass is 19.3. The first kappa shape index (κ1) is 18.8. The van der Waals surface area contributed by atoms with E-state index in [9.17, 15) is 13.9 Å². The predicted octanol–water partition coefficient (Wildman–Crippen LogP) is 3.97. The summed E-state index contributed by atoms with van der Waals surface area (Å²) in [6.45, 7) is -0.0567. The van der Waals surface area contributed by atoms with E-state index in [0.29, 0.717) is 24.5 Å². The smallest absolute Gasteiger partial charge is 0.260 e. The largest absolute Gasteiger partial charge is 0.372 e. The van der Waals surface area contributed by atoms with E-state index in [1.165, 1.54) is 4.90 Å². The fourth-order valence-corrected chi connectivity index (χ4v) is 3.94. The molecule has 1 saturated heterocycles. The Kier molecular flexibility index (Phi) is 4.56. The summed E-state index contributed by atoms with van der Waals surface area (Å²) in [6.07, 6.45) is 2.29. The van der Waals surface area contributed by atoms with Crippen LogP contribution in [0.1, 0.15) is 24.8 Å². The zero-order valence-corrected chi connectivity index (χ0v) is 16.0. The van der Waals surface area contributed by atoms with Gasteiger partial charge in [-0.15, -0.1) is 0 Å². The third kappa shape index (κ3) is 3.46. The number of piperidine rings is 1. The second-order valence-corrected chi connectivity index (χ2v) is 7.53. The van der Waals surface area contributed by atoms with Gasteiger partial charge in [-0.2, -0.15) is 5.10 Å². The molecule has 1 aromatic carbocycles. The van der Waals surface area contributed by atoms with Crippen LogP contribution in [-0.4, -0.2) is 49.2 Å². The van der Waals surface area contributed by atoms with Gasteiger partial charge in [0.2, 0.25) is 0 Å². The Morgan fingerprint density at radius 1 is 1.17 bits per heavy atom.